The van der Waals surface area contributed by atoms with Crippen LogP contribution < -0.4 is 4.90 Å². The molecular formula is C21H25N5O2. The summed E-state index contributed by atoms with van der Waals surface area (Å²) in [6.07, 6.45) is 3.47. The Morgan fingerprint density at radius 2 is 2.00 bits per heavy atom. The minimum Gasteiger partial charge on any atom is -0.396 e. The number of aliphatic hydroxyl groups is 2. The highest BCUT2D eigenvalue weighted by Crippen LogP contribution is 2.40. The lowest BCUT2D eigenvalue weighted by Crippen LogP contribution is -2.25. The Hall–Kier alpha value is -2.51. The molecule has 7 nitrogen and oxygen atoms in total. The van der Waals surface area contributed by atoms with E-state index in [0.717, 1.165) is 35.6 Å². The number of nitrogens with zero attached hydrogens (tertiary/aromatic N) is 5. The van der Waals surface area contributed by atoms with Gasteiger partial charge in [-0.2, -0.15) is 0 Å². The van der Waals surface area contributed by atoms with Gasteiger partial charge in [0.25, 0.3) is 0 Å². The second-order valence-corrected chi connectivity index (χ2v) is 8.69. The molecule has 2 aliphatic rings. The molecule has 1 aliphatic carbocycles. The van der Waals surface area contributed by atoms with Crippen LogP contribution in [0.25, 0.3) is 11.2 Å². The molecule has 2 aromatic heterocycles. The molecule has 0 spiro atoms. The van der Waals surface area contributed by atoms with E-state index in [4.69, 9.17) is 0 Å². The van der Waals surface area contributed by atoms with E-state index in [2.05, 4.69) is 45.8 Å². The van der Waals surface area contributed by atoms with Gasteiger partial charge in [-0.1, -0.05) is 38.1 Å². The van der Waals surface area contributed by atoms with Crippen LogP contribution in [0.4, 0.5) is 5.82 Å². The molecule has 1 aromatic carbocycles. The standard InChI is InChI=1S/C21H25N5O2/c1-21(2)10-25(8-14(21)9-27)19-17-20(23-11-22-19)26(12-24-17)18-15-6-4-3-5-13(15)7-16(18)28/h3-6,11-12,14,16,18,27-28H,7-10H2,1-2H3/t14?,16-,18+/m1/s1. The molecule has 2 N–H and O–H groups in total. The zero-order valence-corrected chi connectivity index (χ0v) is 16.2. The average molecular weight is 379 g/mol. The first-order valence-corrected chi connectivity index (χ1v) is 9.79. The van der Waals surface area contributed by atoms with Gasteiger partial charge in [-0.15, -0.1) is 0 Å². The maximum Gasteiger partial charge on any atom is 0.166 e. The van der Waals surface area contributed by atoms with Gasteiger partial charge >= 0.3 is 0 Å². The monoisotopic (exact) mass is 379 g/mol. The van der Waals surface area contributed by atoms with Crippen molar-refractivity contribution in [1.29, 1.82) is 0 Å². The van der Waals surface area contributed by atoms with Crippen LogP contribution in [0.1, 0.15) is 31.0 Å². The normalized spacial score (nSPS) is 26.1. The van der Waals surface area contributed by atoms with Crippen molar-refractivity contribution in [2.75, 3.05) is 24.6 Å². The number of benzene rings is 1. The lowest BCUT2D eigenvalue weighted by Gasteiger charge is -2.23. The lowest BCUT2D eigenvalue weighted by molar-refractivity contribution is 0.145. The van der Waals surface area contributed by atoms with E-state index >= 15 is 0 Å². The van der Waals surface area contributed by atoms with Crippen molar-refractivity contribution in [2.45, 2.75) is 32.4 Å². The number of anilines is 1. The van der Waals surface area contributed by atoms with Crippen LogP contribution in [0.2, 0.25) is 0 Å². The number of rotatable bonds is 3. The summed E-state index contributed by atoms with van der Waals surface area (Å²) in [6.45, 7) is 6.08. The van der Waals surface area contributed by atoms with Crippen molar-refractivity contribution in [3.05, 3.63) is 48.0 Å². The van der Waals surface area contributed by atoms with Gasteiger partial charge in [-0.05, 0) is 16.5 Å². The Bertz CT molecular complexity index is 1030. The molecule has 0 radical (unpaired) electrons. The molecule has 1 unspecified atom stereocenters. The zero-order chi connectivity index (χ0) is 19.5. The molecule has 3 heterocycles. The number of hydrogen-bond donors (Lipinski definition) is 2. The van der Waals surface area contributed by atoms with E-state index in [1.165, 1.54) is 5.56 Å². The maximum atomic E-state index is 10.7. The van der Waals surface area contributed by atoms with Crippen LogP contribution in [0.3, 0.4) is 0 Å². The smallest absolute Gasteiger partial charge is 0.166 e. The van der Waals surface area contributed by atoms with Gasteiger partial charge in [0.05, 0.1) is 18.5 Å². The summed E-state index contributed by atoms with van der Waals surface area (Å²) in [6, 6.07) is 7.96. The molecular weight excluding hydrogens is 354 g/mol. The Morgan fingerprint density at radius 1 is 1.18 bits per heavy atom. The molecule has 1 aliphatic heterocycles. The van der Waals surface area contributed by atoms with Crippen molar-refractivity contribution < 1.29 is 10.2 Å². The molecule has 7 heteroatoms. The van der Waals surface area contributed by atoms with Gasteiger partial charge in [0, 0.05) is 32.0 Å². The fourth-order valence-electron chi connectivity index (χ4n) is 4.83. The van der Waals surface area contributed by atoms with Gasteiger partial charge in [0.2, 0.25) is 0 Å². The predicted molar refractivity (Wildman–Crippen MR) is 106 cm³/mol. The minimum atomic E-state index is -0.502. The van der Waals surface area contributed by atoms with E-state index in [-0.39, 0.29) is 24.0 Å². The second-order valence-electron chi connectivity index (χ2n) is 8.69. The van der Waals surface area contributed by atoms with Crippen LogP contribution in [0, 0.1) is 11.3 Å². The molecule has 146 valence electrons. The third-order valence-corrected chi connectivity index (χ3v) is 6.47. The van der Waals surface area contributed by atoms with Crippen LogP contribution in [-0.4, -0.2) is 55.5 Å². The molecule has 3 atom stereocenters. The number of aromatic nitrogens is 4. The predicted octanol–water partition coefficient (Wildman–Crippen LogP) is 1.79. The summed E-state index contributed by atoms with van der Waals surface area (Å²) in [7, 11) is 0. The molecule has 0 amide bonds. The number of hydrogen-bond acceptors (Lipinski definition) is 6. The number of imidazole rings is 1. The molecule has 1 saturated heterocycles. The number of fused-ring (bicyclic) bond motifs is 2. The Balaban J connectivity index is 1.58. The first kappa shape index (κ1) is 17.6. The fourth-order valence-corrected chi connectivity index (χ4v) is 4.83. The van der Waals surface area contributed by atoms with Gasteiger partial charge < -0.3 is 19.7 Å². The van der Waals surface area contributed by atoms with E-state index < -0.39 is 6.10 Å². The van der Waals surface area contributed by atoms with Crippen LogP contribution >= 0.6 is 0 Å². The van der Waals surface area contributed by atoms with Gasteiger partial charge in [-0.3, -0.25) is 0 Å². The molecule has 3 aromatic rings. The maximum absolute atomic E-state index is 10.7. The van der Waals surface area contributed by atoms with Gasteiger partial charge in [-0.25, -0.2) is 15.0 Å². The summed E-state index contributed by atoms with van der Waals surface area (Å²) < 4.78 is 1.97. The van der Waals surface area contributed by atoms with Crippen molar-refractivity contribution in [1.82, 2.24) is 19.5 Å². The zero-order valence-electron chi connectivity index (χ0n) is 16.2. The highest BCUT2D eigenvalue weighted by Gasteiger charge is 2.40. The highest BCUT2D eigenvalue weighted by molar-refractivity contribution is 5.83. The second kappa shape index (κ2) is 6.25. The van der Waals surface area contributed by atoms with Crippen molar-refractivity contribution in [3.8, 4) is 0 Å². The molecule has 0 saturated carbocycles. The summed E-state index contributed by atoms with van der Waals surface area (Å²) in [5.74, 6) is 0.997. The summed E-state index contributed by atoms with van der Waals surface area (Å²) in [5.41, 5.74) is 3.78. The first-order chi connectivity index (χ1) is 13.5. The topological polar surface area (TPSA) is 87.3 Å². The summed E-state index contributed by atoms with van der Waals surface area (Å²) >= 11 is 0. The quantitative estimate of drug-likeness (QED) is 0.721. The van der Waals surface area contributed by atoms with Crippen LogP contribution in [-0.2, 0) is 6.42 Å². The minimum absolute atomic E-state index is 0.00910. The largest absolute Gasteiger partial charge is 0.396 e. The summed E-state index contributed by atoms with van der Waals surface area (Å²) in [5, 5.41) is 20.5. The Morgan fingerprint density at radius 3 is 2.79 bits per heavy atom. The Kier molecular flexibility index (Phi) is 3.93. The van der Waals surface area contributed by atoms with Crippen LogP contribution in [0.5, 0.6) is 0 Å². The number of aliphatic hydroxyl groups excluding tert-OH is 2. The fraction of sp³-hybridized carbons (Fsp3) is 0.476. The third-order valence-electron chi connectivity index (χ3n) is 6.47. The van der Waals surface area contributed by atoms with Crippen molar-refractivity contribution >= 4 is 17.0 Å². The Labute approximate surface area is 163 Å². The van der Waals surface area contributed by atoms with E-state index in [0.29, 0.717) is 6.42 Å². The van der Waals surface area contributed by atoms with E-state index in [9.17, 15) is 10.2 Å². The highest BCUT2D eigenvalue weighted by atomic mass is 16.3. The first-order valence-electron chi connectivity index (χ1n) is 9.79. The van der Waals surface area contributed by atoms with Crippen LogP contribution in [0.15, 0.2) is 36.9 Å². The summed E-state index contributed by atoms with van der Waals surface area (Å²) in [4.78, 5) is 15.9. The van der Waals surface area contributed by atoms with Crippen molar-refractivity contribution in [2.24, 2.45) is 11.3 Å². The third kappa shape index (κ3) is 2.53. The van der Waals surface area contributed by atoms with Crippen molar-refractivity contribution in [3.63, 3.8) is 0 Å². The molecule has 28 heavy (non-hydrogen) atoms. The SMILES string of the molecule is CC1(C)CN(c2ncnc3c2ncn3[C@H]2c3ccccc3C[C@H]2O)CC1CO. The molecule has 5 rings (SSSR count). The van der Waals surface area contributed by atoms with Gasteiger partial charge in [0.15, 0.2) is 17.0 Å². The average Bonchev–Trinajstić information content (AvgIpc) is 3.33. The lowest BCUT2D eigenvalue weighted by atomic mass is 9.83. The van der Waals surface area contributed by atoms with Gasteiger partial charge in [0.1, 0.15) is 6.33 Å². The van der Waals surface area contributed by atoms with E-state index in [1.54, 1.807) is 12.7 Å². The molecule has 1 fully saturated rings. The molecule has 0 bridgehead atoms. The van der Waals surface area contributed by atoms with E-state index in [1.807, 2.05) is 16.7 Å².